The Bertz CT molecular complexity index is 961. The number of aliphatic hydroxyl groups excluding tert-OH is 2. The van der Waals surface area contributed by atoms with E-state index in [1.54, 1.807) is 0 Å². The van der Waals surface area contributed by atoms with Crippen molar-refractivity contribution in [1.29, 1.82) is 0 Å². The van der Waals surface area contributed by atoms with Crippen LogP contribution in [0.5, 0.6) is 0 Å². The Labute approximate surface area is 204 Å². The predicted molar refractivity (Wildman–Crippen MR) is 126 cm³/mol. The monoisotopic (exact) mass is 492 g/mol. The van der Waals surface area contributed by atoms with Crippen molar-refractivity contribution in [2.24, 2.45) is 44.8 Å². The van der Waals surface area contributed by atoms with Crippen LogP contribution in [-0.4, -0.2) is 69.2 Å². The van der Waals surface area contributed by atoms with Gasteiger partial charge in [0.05, 0.1) is 23.6 Å². The van der Waals surface area contributed by atoms with Crippen LogP contribution in [0.3, 0.4) is 0 Å². The highest BCUT2D eigenvalue weighted by Gasteiger charge is 2.60. The summed E-state index contributed by atoms with van der Waals surface area (Å²) >= 11 is 0. The number of nitrogens with zero attached hydrogens (tertiary/aromatic N) is 2. The molecular formula is C25H36N2O8. The molecule has 0 amide bonds. The van der Waals surface area contributed by atoms with Crippen molar-refractivity contribution >= 4 is 23.4 Å². The maximum Gasteiger partial charge on any atom is 0.344 e. The SMILES string of the molecule is C/C(=N/OCC(=O)O)[C@H]1CCC2C3=C/C(=N\OCC(=O)O)[C@@H]4C[C@@H](O)[C@@H](O)C[C@]4(C)C3CC[C@@]21C. The molecule has 0 bridgehead atoms. The number of hydrogen-bond acceptors (Lipinski definition) is 8. The summed E-state index contributed by atoms with van der Waals surface area (Å²) in [5, 5.41) is 47.2. The van der Waals surface area contributed by atoms with Gasteiger partial charge in [0.1, 0.15) is 0 Å². The van der Waals surface area contributed by atoms with Crippen molar-refractivity contribution < 1.29 is 39.7 Å². The second-order valence-corrected chi connectivity index (χ2v) is 11.1. The van der Waals surface area contributed by atoms with Crippen LogP contribution in [0.15, 0.2) is 22.0 Å². The Kier molecular flexibility index (Phi) is 6.98. The van der Waals surface area contributed by atoms with E-state index in [4.69, 9.17) is 19.9 Å². The standard InChI is InChI=1S/C25H36N2O8/c1-13(26-34-11-22(30)31)15-4-5-16-14-8-19(27-35-12-23(32)33)18-9-20(28)21(29)10-25(18,3)17(14)6-7-24(15,16)2/h8,15-18,20-21,28-29H,4-7,9-12H2,1-3H3,(H,30,31)(H,32,33)/b26-13-,27-19+/t15-,16?,17?,18+,20-,21+,24-,25-/m1/s1. The molecule has 3 saturated carbocycles. The first-order valence-electron chi connectivity index (χ1n) is 12.3. The van der Waals surface area contributed by atoms with Crippen molar-refractivity contribution in [3.8, 4) is 0 Å². The third-order valence-corrected chi connectivity index (χ3v) is 9.21. The van der Waals surface area contributed by atoms with E-state index in [2.05, 4.69) is 30.2 Å². The zero-order valence-electron chi connectivity index (χ0n) is 20.5. The minimum absolute atomic E-state index is 0.0917. The third kappa shape index (κ3) is 4.58. The second kappa shape index (κ2) is 9.54. The van der Waals surface area contributed by atoms with E-state index >= 15 is 0 Å². The van der Waals surface area contributed by atoms with Crippen molar-refractivity contribution in [3.05, 3.63) is 11.6 Å². The lowest BCUT2D eigenvalue weighted by Crippen LogP contribution is -2.56. The summed E-state index contributed by atoms with van der Waals surface area (Å²) in [7, 11) is 0. The first-order chi connectivity index (χ1) is 16.5. The number of rotatable bonds is 7. The number of carbonyl (C=O) groups is 2. The lowest BCUT2D eigenvalue weighted by atomic mass is 9.47. The fourth-order valence-electron chi connectivity index (χ4n) is 7.61. The lowest BCUT2D eigenvalue weighted by Gasteiger charge is -2.58. The molecule has 0 aromatic heterocycles. The third-order valence-electron chi connectivity index (χ3n) is 9.21. The van der Waals surface area contributed by atoms with E-state index < -0.39 is 37.4 Å². The summed E-state index contributed by atoms with van der Waals surface area (Å²) in [4.78, 5) is 31.9. The van der Waals surface area contributed by atoms with Gasteiger partial charge in [0.25, 0.3) is 0 Å². The van der Waals surface area contributed by atoms with Crippen LogP contribution in [0.2, 0.25) is 0 Å². The second-order valence-electron chi connectivity index (χ2n) is 11.1. The summed E-state index contributed by atoms with van der Waals surface area (Å²) in [6.07, 6.45) is 4.88. The van der Waals surface area contributed by atoms with Gasteiger partial charge in [-0.1, -0.05) is 29.7 Å². The number of hydrogen-bond donors (Lipinski definition) is 4. The molecule has 4 N–H and O–H groups in total. The molecule has 2 unspecified atom stereocenters. The molecule has 0 saturated heterocycles. The maximum absolute atomic E-state index is 11.0. The molecule has 0 aromatic rings. The molecular weight excluding hydrogens is 456 g/mol. The van der Waals surface area contributed by atoms with Gasteiger partial charge in [0.2, 0.25) is 13.2 Å². The number of carboxylic acid groups (broad SMARTS) is 2. The summed E-state index contributed by atoms with van der Waals surface area (Å²) in [5.74, 6) is -1.72. The van der Waals surface area contributed by atoms with Crippen molar-refractivity contribution in [2.45, 2.75) is 71.5 Å². The first-order valence-corrected chi connectivity index (χ1v) is 12.3. The van der Waals surface area contributed by atoms with Crippen LogP contribution >= 0.6 is 0 Å². The molecule has 0 aliphatic heterocycles. The average molecular weight is 493 g/mol. The number of aliphatic hydroxyl groups is 2. The number of aliphatic carboxylic acids is 2. The molecule has 0 heterocycles. The maximum atomic E-state index is 11.0. The normalized spacial score (nSPS) is 41.9. The Morgan fingerprint density at radius 1 is 0.971 bits per heavy atom. The van der Waals surface area contributed by atoms with Crippen molar-refractivity contribution in [1.82, 2.24) is 0 Å². The molecule has 4 aliphatic carbocycles. The fourth-order valence-corrected chi connectivity index (χ4v) is 7.61. The van der Waals surface area contributed by atoms with Crippen molar-refractivity contribution in [2.75, 3.05) is 13.2 Å². The Balaban J connectivity index is 1.68. The van der Waals surface area contributed by atoms with Gasteiger partial charge in [-0.05, 0) is 74.2 Å². The van der Waals surface area contributed by atoms with Gasteiger partial charge in [0.15, 0.2) is 0 Å². The van der Waals surface area contributed by atoms with E-state index in [0.29, 0.717) is 18.6 Å². The first kappa shape index (κ1) is 25.6. The van der Waals surface area contributed by atoms with Crippen LogP contribution < -0.4 is 0 Å². The molecule has 4 aliphatic rings. The van der Waals surface area contributed by atoms with Gasteiger partial charge in [0, 0.05) is 11.8 Å². The minimum atomic E-state index is -1.11. The largest absolute Gasteiger partial charge is 0.479 e. The smallest absolute Gasteiger partial charge is 0.344 e. The Morgan fingerprint density at radius 3 is 2.31 bits per heavy atom. The topological polar surface area (TPSA) is 158 Å². The number of oxime groups is 2. The molecule has 35 heavy (non-hydrogen) atoms. The molecule has 0 aromatic carbocycles. The number of fused-ring (bicyclic) bond motifs is 5. The molecule has 0 radical (unpaired) electrons. The van der Waals surface area contributed by atoms with Crippen LogP contribution in [0.4, 0.5) is 0 Å². The Morgan fingerprint density at radius 2 is 1.63 bits per heavy atom. The number of carboxylic acids is 2. The van der Waals surface area contributed by atoms with Gasteiger partial charge in [-0.3, -0.25) is 0 Å². The molecule has 0 spiro atoms. The molecule has 3 fully saturated rings. The highest BCUT2D eigenvalue weighted by Crippen LogP contribution is 2.65. The van der Waals surface area contributed by atoms with Crippen LogP contribution in [0.25, 0.3) is 0 Å². The quantitative estimate of drug-likeness (QED) is 0.312. The highest BCUT2D eigenvalue weighted by molar-refractivity contribution is 5.99. The summed E-state index contributed by atoms with van der Waals surface area (Å²) in [6, 6.07) is 0. The number of allylic oxidation sites excluding steroid dienone is 2. The molecule has 10 nitrogen and oxygen atoms in total. The molecule has 194 valence electrons. The van der Waals surface area contributed by atoms with Crippen LogP contribution in [0, 0.1) is 34.5 Å². The van der Waals surface area contributed by atoms with E-state index in [1.165, 1.54) is 5.57 Å². The van der Waals surface area contributed by atoms with Gasteiger partial charge in [-0.2, -0.15) is 0 Å². The molecule has 4 rings (SSSR count). The van der Waals surface area contributed by atoms with Crippen LogP contribution in [0.1, 0.15) is 59.3 Å². The predicted octanol–water partition coefficient (Wildman–Crippen LogP) is 2.44. The zero-order chi connectivity index (χ0) is 25.5. The van der Waals surface area contributed by atoms with Gasteiger partial charge in [-0.25, -0.2) is 9.59 Å². The summed E-state index contributed by atoms with van der Waals surface area (Å²) < 4.78 is 0. The van der Waals surface area contributed by atoms with E-state index in [-0.39, 0.29) is 34.5 Å². The summed E-state index contributed by atoms with van der Waals surface area (Å²) in [6.45, 7) is 5.29. The van der Waals surface area contributed by atoms with Gasteiger partial charge < -0.3 is 30.1 Å². The van der Waals surface area contributed by atoms with E-state index in [0.717, 1.165) is 31.4 Å². The lowest BCUT2D eigenvalue weighted by molar-refractivity contribution is -0.143. The fraction of sp³-hybridized carbons (Fsp3) is 0.760. The van der Waals surface area contributed by atoms with Crippen molar-refractivity contribution in [3.63, 3.8) is 0 Å². The Hall–Kier alpha value is -2.46. The van der Waals surface area contributed by atoms with Crippen LogP contribution in [-0.2, 0) is 19.3 Å². The van der Waals surface area contributed by atoms with E-state index in [9.17, 15) is 19.8 Å². The highest BCUT2D eigenvalue weighted by atomic mass is 16.6. The average Bonchev–Trinajstić information content (AvgIpc) is 3.12. The zero-order valence-corrected chi connectivity index (χ0v) is 20.5. The summed E-state index contributed by atoms with van der Waals surface area (Å²) in [5.41, 5.74) is 2.26. The van der Waals surface area contributed by atoms with Gasteiger partial charge >= 0.3 is 11.9 Å². The minimum Gasteiger partial charge on any atom is -0.479 e. The van der Waals surface area contributed by atoms with Gasteiger partial charge in [-0.15, -0.1) is 0 Å². The molecule has 8 atom stereocenters. The van der Waals surface area contributed by atoms with E-state index in [1.807, 2.05) is 6.92 Å². The molecule has 10 heteroatoms.